The standard InChI is InChI=1S/C21H24N4O3/c1-12-19(13(2)23-22-12)25-20(26)15-5-3-4-14-17(24-8-10-28-11-9-24)7-6-16(18(14)15)21(25)27/h3-7,12-13,19,22-23H,8-11H2,1-2H3. The molecule has 3 heterocycles. The maximum atomic E-state index is 13.4. The molecule has 3 aliphatic rings. The molecule has 2 fully saturated rings. The van der Waals surface area contributed by atoms with Gasteiger partial charge in [0.15, 0.2) is 0 Å². The van der Waals surface area contributed by atoms with Gasteiger partial charge in [-0.1, -0.05) is 12.1 Å². The molecule has 2 saturated heterocycles. The van der Waals surface area contributed by atoms with E-state index in [9.17, 15) is 9.59 Å². The van der Waals surface area contributed by atoms with Crippen LogP contribution >= 0.6 is 0 Å². The Morgan fingerprint density at radius 1 is 0.929 bits per heavy atom. The molecule has 0 aromatic heterocycles. The van der Waals surface area contributed by atoms with Crippen molar-refractivity contribution < 1.29 is 14.3 Å². The zero-order valence-electron chi connectivity index (χ0n) is 16.1. The summed E-state index contributed by atoms with van der Waals surface area (Å²) in [5.41, 5.74) is 8.56. The summed E-state index contributed by atoms with van der Waals surface area (Å²) in [6.45, 7) is 6.96. The van der Waals surface area contributed by atoms with E-state index in [-0.39, 0.29) is 29.9 Å². The highest BCUT2D eigenvalue weighted by atomic mass is 16.5. The molecule has 2 atom stereocenters. The largest absolute Gasteiger partial charge is 0.378 e. The van der Waals surface area contributed by atoms with Crippen LogP contribution in [0.25, 0.3) is 10.8 Å². The molecule has 0 radical (unpaired) electrons. The van der Waals surface area contributed by atoms with Gasteiger partial charge in [0.05, 0.1) is 19.3 Å². The molecule has 2 amide bonds. The number of hydrazine groups is 1. The molecule has 3 aliphatic heterocycles. The van der Waals surface area contributed by atoms with Crippen LogP contribution in [0.3, 0.4) is 0 Å². The summed E-state index contributed by atoms with van der Waals surface area (Å²) in [5, 5.41) is 1.74. The van der Waals surface area contributed by atoms with E-state index in [0.29, 0.717) is 24.3 Å². The van der Waals surface area contributed by atoms with Gasteiger partial charge in [0.2, 0.25) is 0 Å². The first-order chi connectivity index (χ1) is 13.6. The highest BCUT2D eigenvalue weighted by Gasteiger charge is 2.44. The Bertz CT molecular complexity index is 937. The average molecular weight is 380 g/mol. The van der Waals surface area contributed by atoms with Gasteiger partial charge in [-0.05, 0) is 32.0 Å². The molecular formula is C21H24N4O3. The third kappa shape index (κ3) is 2.47. The number of nitrogens with zero attached hydrogens (tertiary/aromatic N) is 2. The van der Waals surface area contributed by atoms with Gasteiger partial charge in [0, 0.05) is 52.8 Å². The van der Waals surface area contributed by atoms with E-state index in [1.165, 1.54) is 4.90 Å². The minimum absolute atomic E-state index is 0.0173. The number of amides is 2. The number of hydrogen-bond donors (Lipinski definition) is 2. The summed E-state index contributed by atoms with van der Waals surface area (Å²) in [5.74, 6) is -0.423. The van der Waals surface area contributed by atoms with Gasteiger partial charge >= 0.3 is 0 Å². The van der Waals surface area contributed by atoms with Crippen LogP contribution in [0, 0.1) is 0 Å². The quantitative estimate of drug-likeness (QED) is 0.770. The minimum atomic E-state index is -0.234. The first-order valence-electron chi connectivity index (χ1n) is 9.85. The smallest absolute Gasteiger partial charge is 0.261 e. The van der Waals surface area contributed by atoms with Crippen LogP contribution in [0.5, 0.6) is 0 Å². The van der Waals surface area contributed by atoms with Crippen molar-refractivity contribution in [1.29, 1.82) is 0 Å². The van der Waals surface area contributed by atoms with Crippen molar-refractivity contribution in [3.63, 3.8) is 0 Å². The number of rotatable bonds is 2. The number of benzene rings is 2. The first-order valence-corrected chi connectivity index (χ1v) is 9.85. The van der Waals surface area contributed by atoms with Crippen molar-refractivity contribution in [1.82, 2.24) is 15.8 Å². The van der Waals surface area contributed by atoms with Crippen LogP contribution in [-0.4, -0.2) is 61.1 Å². The Kier molecular flexibility index (Phi) is 4.12. The molecular weight excluding hydrogens is 356 g/mol. The summed E-state index contributed by atoms with van der Waals surface area (Å²) < 4.78 is 5.47. The molecule has 0 saturated carbocycles. The van der Waals surface area contributed by atoms with Crippen molar-refractivity contribution in [3.05, 3.63) is 41.5 Å². The zero-order valence-corrected chi connectivity index (χ0v) is 16.1. The predicted octanol–water partition coefficient (Wildman–Crippen LogP) is 1.53. The van der Waals surface area contributed by atoms with Crippen LogP contribution in [0.15, 0.2) is 30.3 Å². The highest BCUT2D eigenvalue weighted by molar-refractivity contribution is 6.27. The van der Waals surface area contributed by atoms with Gasteiger partial charge in [0.25, 0.3) is 11.8 Å². The minimum Gasteiger partial charge on any atom is -0.378 e. The molecule has 5 rings (SSSR count). The van der Waals surface area contributed by atoms with Crippen molar-refractivity contribution in [2.75, 3.05) is 31.2 Å². The third-order valence-corrected chi connectivity index (χ3v) is 6.13. The molecule has 146 valence electrons. The second kappa shape index (κ2) is 6.55. The number of anilines is 1. The molecule has 28 heavy (non-hydrogen) atoms. The SMILES string of the molecule is CC1NNC(C)C1N1C(=O)c2cccc3c(N4CCOCC4)ccc(c23)C1=O. The zero-order chi connectivity index (χ0) is 19.4. The second-order valence-electron chi connectivity index (χ2n) is 7.80. The number of morpholine rings is 1. The summed E-state index contributed by atoms with van der Waals surface area (Å²) in [4.78, 5) is 30.5. The van der Waals surface area contributed by atoms with Crippen LogP contribution in [0.2, 0.25) is 0 Å². The van der Waals surface area contributed by atoms with E-state index in [1.807, 2.05) is 44.2 Å². The summed E-state index contributed by atoms with van der Waals surface area (Å²) in [7, 11) is 0. The first kappa shape index (κ1) is 17.6. The van der Waals surface area contributed by atoms with Gasteiger partial charge < -0.3 is 9.64 Å². The number of carbonyl (C=O) groups is 2. The van der Waals surface area contributed by atoms with Crippen LogP contribution in [-0.2, 0) is 4.74 Å². The van der Waals surface area contributed by atoms with Crippen molar-refractivity contribution in [2.24, 2.45) is 0 Å². The fraction of sp³-hybridized carbons (Fsp3) is 0.429. The number of carbonyl (C=O) groups excluding carboxylic acids is 2. The van der Waals surface area contributed by atoms with Crippen molar-refractivity contribution in [3.8, 4) is 0 Å². The van der Waals surface area contributed by atoms with Gasteiger partial charge in [-0.2, -0.15) is 0 Å². The van der Waals surface area contributed by atoms with E-state index in [4.69, 9.17) is 4.74 Å². The van der Waals surface area contributed by atoms with E-state index >= 15 is 0 Å². The molecule has 0 spiro atoms. The Morgan fingerprint density at radius 3 is 2.25 bits per heavy atom. The van der Waals surface area contributed by atoms with Gasteiger partial charge in [0.1, 0.15) is 0 Å². The normalized spacial score (nSPS) is 27.7. The predicted molar refractivity (Wildman–Crippen MR) is 106 cm³/mol. The lowest BCUT2D eigenvalue weighted by atomic mass is 9.90. The monoisotopic (exact) mass is 380 g/mol. The Hall–Kier alpha value is -2.48. The van der Waals surface area contributed by atoms with Gasteiger partial charge in [-0.3, -0.25) is 25.3 Å². The van der Waals surface area contributed by atoms with E-state index in [0.717, 1.165) is 29.5 Å². The Balaban J connectivity index is 1.65. The van der Waals surface area contributed by atoms with Crippen molar-refractivity contribution in [2.45, 2.75) is 32.0 Å². The topological polar surface area (TPSA) is 73.9 Å². The number of hydrogen-bond acceptors (Lipinski definition) is 6. The highest BCUT2D eigenvalue weighted by Crippen LogP contribution is 2.37. The lowest BCUT2D eigenvalue weighted by Crippen LogP contribution is -2.54. The second-order valence-corrected chi connectivity index (χ2v) is 7.80. The van der Waals surface area contributed by atoms with E-state index in [2.05, 4.69) is 15.8 Å². The number of ether oxygens (including phenoxy) is 1. The average Bonchev–Trinajstić information content (AvgIpc) is 3.05. The third-order valence-electron chi connectivity index (χ3n) is 6.13. The molecule has 2 unspecified atom stereocenters. The molecule has 0 aliphatic carbocycles. The summed E-state index contributed by atoms with van der Waals surface area (Å²) in [6, 6.07) is 9.37. The summed E-state index contributed by atoms with van der Waals surface area (Å²) in [6.07, 6.45) is 0. The molecule has 7 nitrogen and oxygen atoms in total. The Labute approximate surface area is 163 Å². The summed E-state index contributed by atoms with van der Waals surface area (Å²) >= 11 is 0. The van der Waals surface area contributed by atoms with Gasteiger partial charge in [-0.15, -0.1) is 0 Å². The molecule has 0 bridgehead atoms. The number of imide groups is 1. The molecule has 2 N–H and O–H groups in total. The van der Waals surface area contributed by atoms with Crippen LogP contribution in [0.1, 0.15) is 34.6 Å². The molecule has 2 aromatic rings. The van der Waals surface area contributed by atoms with Crippen molar-refractivity contribution >= 4 is 28.3 Å². The fourth-order valence-electron chi connectivity index (χ4n) is 4.76. The van der Waals surface area contributed by atoms with Crippen LogP contribution in [0.4, 0.5) is 5.69 Å². The maximum absolute atomic E-state index is 13.4. The van der Waals surface area contributed by atoms with E-state index < -0.39 is 0 Å². The lowest BCUT2D eigenvalue weighted by molar-refractivity contribution is 0.0517. The fourth-order valence-corrected chi connectivity index (χ4v) is 4.76. The Morgan fingerprint density at radius 2 is 1.57 bits per heavy atom. The van der Waals surface area contributed by atoms with Gasteiger partial charge in [-0.25, -0.2) is 0 Å². The number of nitrogens with one attached hydrogen (secondary N) is 2. The lowest BCUT2D eigenvalue weighted by Gasteiger charge is -2.36. The van der Waals surface area contributed by atoms with E-state index in [1.54, 1.807) is 0 Å². The van der Waals surface area contributed by atoms with Crippen LogP contribution < -0.4 is 15.8 Å². The maximum Gasteiger partial charge on any atom is 0.261 e. The molecule has 7 heteroatoms. The molecule has 2 aromatic carbocycles.